The van der Waals surface area contributed by atoms with Crippen molar-refractivity contribution in [2.45, 2.75) is 13.8 Å². The number of aromatic hydroxyl groups is 1. The number of rotatable bonds is 2. The van der Waals surface area contributed by atoms with Crippen molar-refractivity contribution >= 4 is 23.5 Å². The van der Waals surface area contributed by atoms with E-state index >= 15 is 0 Å². The van der Waals surface area contributed by atoms with Crippen LogP contribution in [0.25, 0.3) is 6.08 Å². The normalized spacial score (nSPS) is 16.0. The SMILES string of the molecule is CC=c1ccc2c(c1)Oc1cc(N3CCN(C(=O)OCC)CC3)cc(O)c1N=2. The molecule has 2 aromatic carbocycles. The Labute approximate surface area is 163 Å². The van der Waals surface area contributed by atoms with Gasteiger partial charge in [0.15, 0.2) is 11.5 Å². The van der Waals surface area contributed by atoms with E-state index in [1.165, 1.54) is 0 Å². The number of hydrogen-bond acceptors (Lipinski definition) is 6. The Hall–Kier alpha value is -3.22. The number of hydrogen-bond donors (Lipinski definition) is 1. The van der Waals surface area contributed by atoms with E-state index < -0.39 is 0 Å². The molecule has 0 aromatic heterocycles. The van der Waals surface area contributed by atoms with Crippen molar-refractivity contribution < 1.29 is 19.4 Å². The number of benzene rings is 2. The van der Waals surface area contributed by atoms with Gasteiger partial charge in [-0.2, -0.15) is 0 Å². The topological polar surface area (TPSA) is 74.6 Å². The summed E-state index contributed by atoms with van der Waals surface area (Å²) in [7, 11) is 0. The van der Waals surface area contributed by atoms with E-state index in [1.807, 2.05) is 37.3 Å². The third kappa shape index (κ3) is 3.35. The molecule has 0 unspecified atom stereocenters. The van der Waals surface area contributed by atoms with Crippen LogP contribution in [0, 0.1) is 0 Å². The minimum atomic E-state index is -0.280. The standard InChI is InChI=1S/C21H23N3O4/c1-3-14-5-6-16-18(11-14)28-19-13-15(12-17(25)20(19)22-16)23-7-9-24(10-8-23)21(26)27-4-2/h3,5-6,11-13,25H,4,7-10H2,1-2H3. The van der Waals surface area contributed by atoms with Crippen LogP contribution in [0.1, 0.15) is 13.8 Å². The van der Waals surface area contributed by atoms with E-state index in [-0.39, 0.29) is 11.8 Å². The molecule has 0 aliphatic carbocycles. The summed E-state index contributed by atoms with van der Waals surface area (Å²) in [5.74, 6) is 1.28. The second kappa shape index (κ2) is 7.42. The number of carbonyl (C=O) groups is 1. The Balaban J connectivity index is 1.58. The number of piperazine rings is 1. The molecular weight excluding hydrogens is 358 g/mol. The highest BCUT2D eigenvalue weighted by molar-refractivity contribution is 5.72. The fraction of sp³-hybridized carbons (Fsp3) is 0.333. The van der Waals surface area contributed by atoms with Gasteiger partial charge in [0.1, 0.15) is 16.8 Å². The van der Waals surface area contributed by atoms with Crippen LogP contribution in [-0.4, -0.2) is 48.9 Å². The highest BCUT2D eigenvalue weighted by Crippen LogP contribution is 2.43. The summed E-state index contributed by atoms with van der Waals surface area (Å²) in [5.41, 5.74) is 1.28. The van der Waals surface area contributed by atoms with E-state index in [0.29, 0.717) is 55.3 Å². The molecule has 0 atom stereocenters. The zero-order valence-electron chi connectivity index (χ0n) is 16.0. The summed E-state index contributed by atoms with van der Waals surface area (Å²) < 4.78 is 11.1. The molecule has 146 valence electrons. The van der Waals surface area contributed by atoms with Crippen LogP contribution in [-0.2, 0) is 4.74 Å². The Kier molecular flexibility index (Phi) is 4.81. The van der Waals surface area contributed by atoms with Gasteiger partial charge in [0.25, 0.3) is 0 Å². The largest absolute Gasteiger partial charge is 0.505 e. The van der Waals surface area contributed by atoms with E-state index in [0.717, 1.165) is 10.9 Å². The van der Waals surface area contributed by atoms with Crippen LogP contribution in [0.15, 0.2) is 35.3 Å². The van der Waals surface area contributed by atoms with Gasteiger partial charge >= 0.3 is 6.09 Å². The summed E-state index contributed by atoms with van der Waals surface area (Å²) in [5, 5.41) is 12.3. The zero-order valence-corrected chi connectivity index (χ0v) is 16.0. The van der Waals surface area contributed by atoms with Crippen molar-refractivity contribution in [2.75, 3.05) is 37.7 Å². The Morgan fingerprint density at radius 2 is 2.00 bits per heavy atom. The number of phenolic OH excluding ortho intramolecular Hbond substituents is 1. The fourth-order valence-corrected chi connectivity index (χ4v) is 3.44. The van der Waals surface area contributed by atoms with E-state index in [1.54, 1.807) is 17.9 Å². The number of anilines is 1. The van der Waals surface area contributed by atoms with Crippen molar-refractivity contribution in [3.8, 4) is 17.2 Å². The first-order valence-corrected chi connectivity index (χ1v) is 9.45. The van der Waals surface area contributed by atoms with Crippen LogP contribution >= 0.6 is 0 Å². The number of ether oxygens (including phenoxy) is 2. The summed E-state index contributed by atoms with van der Waals surface area (Å²) in [4.78, 5) is 20.2. The molecule has 2 heterocycles. The molecular formula is C21H23N3O4. The Morgan fingerprint density at radius 3 is 2.71 bits per heavy atom. The molecule has 1 N–H and O–H groups in total. The highest BCUT2D eigenvalue weighted by atomic mass is 16.6. The molecule has 2 aliphatic rings. The number of fused-ring (bicyclic) bond motifs is 2. The Morgan fingerprint density at radius 1 is 1.21 bits per heavy atom. The Bertz CT molecular complexity index is 1030. The molecule has 0 saturated carbocycles. The smallest absolute Gasteiger partial charge is 0.409 e. The molecule has 4 rings (SSSR count). The van der Waals surface area contributed by atoms with Crippen LogP contribution in [0.5, 0.6) is 17.2 Å². The van der Waals surface area contributed by atoms with E-state index in [9.17, 15) is 9.90 Å². The van der Waals surface area contributed by atoms with Crippen LogP contribution in [0.4, 0.5) is 16.2 Å². The maximum Gasteiger partial charge on any atom is 0.409 e. The lowest BCUT2D eigenvalue weighted by Crippen LogP contribution is -2.49. The third-order valence-corrected chi connectivity index (χ3v) is 4.98. The lowest BCUT2D eigenvalue weighted by atomic mass is 10.1. The average molecular weight is 381 g/mol. The minimum Gasteiger partial charge on any atom is -0.505 e. The van der Waals surface area contributed by atoms with Crippen molar-refractivity contribution in [1.29, 1.82) is 0 Å². The van der Waals surface area contributed by atoms with Crippen molar-refractivity contribution in [3.63, 3.8) is 0 Å². The lowest BCUT2D eigenvalue weighted by molar-refractivity contribution is 0.105. The van der Waals surface area contributed by atoms with Gasteiger partial charge in [0.2, 0.25) is 0 Å². The van der Waals surface area contributed by atoms with Crippen LogP contribution in [0.3, 0.4) is 0 Å². The van der Waals surface area contributed by atoms with Gasteiger partial charge in [-0.3, -0.25) is 0 Å². The molecule has 0 radical (unpaired) electrons. The predicted octanol–water partition coefficient (Wildman–Crippen LogP) is 2.53. The van der Waals surface area contributed by atoms with Crippen molar-refractivity contribution in [1.82, 2.24) is 4.90 Å². The van der Waals surface area contributed by atoms with Gasteiger partial charge in [-0.25, -0.2) is 9.79 Å². The number of amides is 1. The third-order valence-electron chi connectivity index (χ3n) is 4.98. The molecule has 2 aromatic rings. The molecule has 2 aliphatic heterocycles. The van der Waals surface area contributed by atoms with Gasteiger partial charge in [0, 0.05) is 44.0 Å². The lowest BCUT2D eigenvalue weighted by Gasteiger charge is -2.35. The molecule has 1 saturated heterocycles. The first-order valence-electron chi connectivity index (χ1n) is 9.45. The quantitative estimate of drug-likeness (QED) is 0.738. The minimum absolute atomic E-state index is 0.0807. The molecule has 1 fully saturated rings. The molecule has 0 spiro atoms. The van der Waals surface area contributed by atoms with Gasteiger partial charge in [-0.15, -0.1) is 0 Å². The van der Waals surface area contributed by atoms with Crippen molar-refractivity contribution in [3.05, 3.63) is 40.9 Å². The number of phenols is 1. The second-order valence-corrected chi connectivity index (χ2v) is 6.71. The maximum absolute atomic E-state index is 11.9. The van der Waals surface area contributed by atoms with E-state index in [2.05, 4.69) is 9.89 Å². The number of carbonyl (C=O) groups excluding carboxylic acids is 1. The highest BCUT2D eigenvalue weighted by Gasteiger charge is 2.24. The van der Waals surface area contributed by atoms with Gasteiger partial charge in [-0.1, -0.05) is 12.1 Å². The van der Waals surface area contributed by atoms with Crippen molar-refractivity contribution in [2.24, 2.45) is 4.99 Å². The van der Waals surface area contributed by atoms with Gasteiger partial charge in [0.05, 0.1) is 6.61 Å². The average Bonchev–Trinajstić information content (AvgIpc) is 2.72. The molecule has 0 bridgehead atoms. The molecule has 7 nitrogen and oxygen atoms in total. The first kappa shape index (κ1) is 18.2. The number of nitrogens with zero attached hydrogens (tertiary/aromatic N) is 3. The van der Waals surface area contributed by atoms with E-state index in [4.69, 9.17) is 9.47 Å². The summed E-state index contributed by atoms with van der Waals surface area (Å²) >= 11 is 0. The zero-order chi connectivity index (χ0) is 19.7. The van der Waals surface area contributed by atoms with Crippen LogP contribution in [0.2, 0.25) is 0 Å². The first-order chi connectivity index (χ1) is 13.6. The monoisotopic (exact) mass is 381 g/mol. The van der Waals surface area contributed by atoms with Crippen LogP contribution < -0.4 is 20.2 Å². The predicted molar refractivity (Wildman–Crippen MR) is 106 cm³/mol. The maximum atomic E-state index is 11.9. The fourth-order valence-electron chi connectivity index (χ4n) is 3.44. The summed E-state index contributed by atoms with van der Waals surface area (Å²) in [6.07, 6.45) is 1.72. The molecule has 28 heavy (non-hydrogen) atoms. The summed E-state index contributed by atoms with van der Waals surface area (Å²) in [6, 6.07) is 9.37. The van der Waals surface area contributed by atoms with Gasteiger partial charge in [-0.05, 0) is 31.2 Å². The molecule has 7 heteroatoms. The van der Waals surface area contributed by atoms with Gasteiger partial charge < -0.3 is 24.4 Å². The molecule has 1 amide bonds. The summed E-state index contributed by atoms with van der Waals surface area (Å²) in [6.45, 7) is 6.59. The second-order valence-electron chi connectivity index (χ2n) is 6.71.